The van der Waals surface area contributed by atoms with Crippen molar-refractivity contribution in [3.8, 4) is 0 Å². The zero-order valence-electron chi connectivity index (χ0n) is 56.5. The molecule has 0 rings (SSSR count). The quantitative estimate of drug-likeness (QED) is 0.0261. The van der Waals surface area contributed by atoms with E-state index in [1.165, 1.54) is 327 Å². The average Bonchev–Trinajstić information content (AvgIpc) is 3.49. The van der Waals surface area contributed by atoms with E-state index in [4.69, 9.17) is 14.2 Å². The predicted molar refractivity (Wildman–Crippen MR) is 363 cm³/mol. The molecule has 0 aromatic carbocycles. The molecule has 0 aromatic rings. The Balaban J connectivity index is 4.20. The van der Waals surface area contributed by atoms with Crippen LogP contribution in [0.15, 0.2) is 24.3 Å². The molecule has 1 unspecified atom stereocenters. The summed E-state index contributed by atoms with van der Waals surface area (Å²) in [5.41, 5.74) is 0. The van der Waals surface area contributed by atoms with Crippen LogP contribution in [0.3, 0.4) is 0 Å². The summed E-state index contributed by atoms with van der Waals surface area (Å²) in [5, 5.41) is 0. The van der Waals surface area contributed by atoms with Gasteiger partial charge in [-0.05, 0) is 51.4 Å². The Hall–Kier alpha value is -2.11. The van der Waals surface area contributed by atoms with Crippen LogP contribution < -0.4 is 0 Å². The van der Waals surface area contributed by atoms with Gasteiger partial charge in [0.1, 0.15) is 13.2 Å². The maximum absolute atomic E-state index is 13.0. The molecule has 0 aromatic heterocycles. The third-order valence-electron chi connectivity index (χ3n) is 17.5. The van der Waals surface area contributed by atoms with Gasteiger partial charge in [-0.1, -0.05) is 385 Å². The molecule has 0 aliphatic heterocycles. The summed E-state index contributed by atoms with van der Waals surface area (Å²) in [7, 11) is 0. The first-order valence-corrected chi connectivity index (χ1v) is 37.8. The molecule has 0 saturated carbocycles. The third-order valence-corrected chi connectivity index (χ3v) is 17.5. The number of unbranched alkanes of at least 4 members (excludes halogenated alkanes) is 56. The lowest BCUT2D eigenvalue weighted by molar-refractivity contribution is -0.167. The Labute approximate surface area is 519 Å². The summed E-state index contributed by atoms with van der Waals surface area (Å²) < 4.78 is 17.0. The van der Waals surface area contributed by atoms with E-state index >= 15 is 0 Å². The number of allylic oxidation sites excluding steroid dienone is 4. The zero-order chi connectivity index (χ0) is 59.9. The fraction of sp³-hybridized carbons (Fsp3) is 0.909. The normalized spacial score (nSPS) is 12.1. The number of rotatable bonds is 71. The summed E-state index contributed by atoms with van der Waals surface area (Å²) in [6.07, 6.45) is 89.4. The standard InChI is InChI=1S/C77H146O6/c1-4-7-10-13-16-19-22-25-28-30-32-34-35-36-37-38-39-40-41-43-44-46-49-52-55-58-61-64-67-70-76(79)82-73-74(72-81-75(78)69-66-63-60-57-54-51-48-27-24-21-18-15-12-9-6-3)83-77(80)71-68-65-62-59-56-53-50-47-45-42-33-31-29-26-23-20-17-14-11-8-5-2/h22,25,30,32,74H,4-21,23-24,26-29,31,33-73H2,1-3H3/b25-22-,32-30-. The van der Waals surface area contributed by atoms with Gasteiger partial charge < -0.3 is 14.2 Å². The smallest absolute Gasteiger partial charge is 0.306 e. The third kappa shape index (κ3) is 70.5. The molecule has 0 fully saturated rings. The Morgan fingerprint density at radius 1 is 0.241 bits per heavy atom. The van der Waals surface area contributed by atoms with Crippen molar-refractivity contribution < 1.29 is 28.6 Å². The monoisotopic (exact) mass is 1170 g/mol. The van der Waals surface area contributed by atoms with Crippen LogP contribution in [-0.4, -0.2) is 37.2 Å². The molecule has 0 aliphatic rings. The van der Waals surface area contributed by atoms with E-state index in [-0.39, 0.29) is 31.1 Å². The average molecular weight is 1170 g/mol. The highest BCUT2D eigenvalue weighted by molar-refractivity contribution is 5.71. The van der Waals surface area contributed by atoms with Crippen LogP contribution >= 0.6 is 0 Å². The van der Waals surface area contributed by atoms with Crippen molar-refractivity contribution >= 4 is 17.9 Å². The first-order chi connectivity index (χ1) is 41.0. The summed E-state index contributed by atoms with van der Waals surface area (Å²) >= 11 is 0. The van der Waals surface area contributed by atoms with Crippen molar-refractivity contribution in [2.75, 3.05) is 13.2 Å². The van der Waals surface area contributed by atoms with E-state index in [1.54, 1.807) is 0 Å². The number of esters is 3. The molecular formula is C77H146O6. The second-order valence-corrected chi connectivity index (χ2v) is 25.9. The fourth-order valence-electron chi connectivity index (χ4n) is 11.8. The molecule has 0 N–H and O–H groups in total. The highest BCUT2D eigenvalue weighted by Crippen LogP contribution is 2.19. The van der Waals surface area contributed by atoms with Gasteiger partial charge in [-0.3, -0.25) is 14.4 Å². The Kier molecular flexibility index (Phi) is 70.5. The molecular weight excluding hydrogens is 1020 g/mol. The molecule has 0 radical (unpaired) electrons. The fourth-order valence-corrected chi connectivity index (χ4v) is 11.8. The van der Waals surface area contributed by atoms with E-state index in [0.717, 1.165) is 64.2 Å². The van der Waals surface area contributed by atoms with Crippen LogP contribution in [0, 0.1) is 0 Å². The van der Waals surface area contributed by atoms with E-state index in [9.17, 15) is 14.4 Å². The molecule has 0 heterocycles. The molecule has 6 nitrogen and oxygen atoms in total. The molecule has 0 aliphatic carbocycles. The van der Waals surface area contributed by atoms with Gasteiger partial charge in [0.05, 0.1) is 0 Å². The molecule has 0 amide bonds. The second-order valence-electron chi connectivity index (χ2n) is 25.9. The van der Waals surface area contributed by atoms with Crippen LogP contribution in [0.5, 0.6) is 0 Å². The highest BCUT2D eigenvalue weighted by Gasteiger charge is 2.20. The van der Waals surface area contributed by atoms with Crippen LogP contribution in [0.1, 0.15) is 432 Å². The topological polar surface area (TPSA) is 78.9 Å². The summed E-state index contributed by atoms with van der Waals surface area (Å²) in [6, 6.07) is 0. The molecule has 6 heteroatoms. The summed E-state index contributed by atoms with van der Waals surface area (Å²) in [5.74, 6) is -0.823. The number of carbonyl (C=O) groups is 3. The highest BCUT2D eigenvalue weighted by atomic mass is 16.6. The van der Waals surface area contributed by atoms with Crippen LogP contribution in [0.4, 0.5) is 0 Å². The lowest BCUT2D eigenvalue weighted by atomic mass is 10.0. The van der Waals surface area contributed by atoms with Crippen molar-refractivity contribution in [2.24, 2.45) is 0 Å². The first kappa shape index (κ1) is 80.9. The number of hydrogen-bond donors (Lipinski definition) is 0. The van der Waals surface area contributed by atoms with Crippen LogP contribution in [0.25, 0.3) is 0 Å². The molecule has 490 valence electrons. The number of ether oxygens (including phenoxy) is 3. The maximum Gasteiger partial charge on any atom is 0.306 e. The van der Waals surface area contributed by atoms with Gasteiger partial charge in [-0.15, -0.1) is 0 Å². The lowest BCUT2D eigenvalue weighted by Gasteiger charge is -2.18. The Bertz CT molecular complexity index is 1340. The van der Waals surface area contributed by atoms with Gasteiger partial charge in [0.2, 0.25) is 0 Å². The minimum Gasteiger partial charge on any atom is -0.462 e. The lowest BCUT2D eigenvalue weighted by Crippen LogP contribution is -2.30. The SMILES string of the molecule is CCCCCCC/C=C\C/C=C\CCCCCCCCCCCCCCCCCCCC(=O)OCC(COC(=O)CCCCCCCCCCCCCCCCC)OC(=O)CCCCCCCCCCCCCCCCCCCCCCC. The van der Waals surface area contributed by atoms with Crippen molar-refractivity contribution in [2.45, 2.75) is 438 Å². The van der Waals surface area contributed by atoms with Crippen LogP contribution in [-0.2, 0) is 28.6 Å². The largest absolute Gasteiger partial charge is 0.462 e. The van der Waals surface area contributed by atoms with Gasteiger partial charge in [0, 0.05) is 19.3 Å². The second kappa shape index (κ2) is 72.4. The van der Waals surface area contributed by atoms with Gasteiger partial charge in [0.25, 0.3) is 0 Å². The van der Waals surface area contributed by atoms with E-state index < -0.39 is 6.10 Å². The molecule has 0 saturated heterocycles. The van der Waals surface area contributed by atoms with Crippen LogP contribution in [0.2, 0.25) is 0 Å². The number of carbonyl (C=O) groups excluding carboxylic acids is 3. The van der Waals surface area contributed by atoms with Crippen molar-refractivity contribution in [1.82, 2.24) is 0 Å². The Morgan fingerprint density at radius 3 is 0.663 bits per heavy atom. The molecule has 1 atom stereocenters. The molecule has 0 bridgehead atoms. The molecule has 83 heavy (non-hydrogen) atoms. The minimum absolute atomic E-state index is 0.0628. The maximum atomic E-state index is 13.0. The Morgan fingerprint density at radius 2 is 0.434 bits per heavy atom. The number of hydrogen-bond acceptors (Lipinski definition) is 6. The van der Waals surface area contributed by atoms with E-state index in [1.807, 2.05) is 0 Å². The van der Waals surface area contributed by atoms with E-state index in [0.29, 0.717) is 19.3 Å². The van der Waals surface area contributed by atoms with Gasteiger partial charge >= 0.3 is 17.9 Å². The van der Waals surface area contributed by atoms with Gasteiger partial charge in [0.15, 0.2) is 6.10 Å². The summed E-state index contributed by atoms with van der Waals surface area (Å²) in [6.45, 7) is 6.73. The van der Waals surface area contributed by atoms with Crippen molar-refractivity contribution in [3.05, 3.63) is 24.3 Å². The summed E-state index contributed by atoms with van der Waals surface area (Å²) in [4.78, 5) is 38.5. The minimum atomic E-state index is -0.767. The van der Waals surface area contributed by atoms with E-state index in [2.05, 4.69) is 45.1 Å². The van der Waals surface area contributed by atoms with Gasteiger partial charge in [-0.25, -0.2) is 0 Å². The predicted octanol–water partition coefficient (Wildman–Crippen LogP) is 26.1. The van der Waals surface area contributed by atoms with Crippen molar-refractivity contribution in [1.29, 1.82) is 0 Å². The van der Waals surface area contributed by atoms with Gasteiger partial charge in [-0.2, -0.15) is 0 Å². The first-order valence-electron chi connectivity index (χ1n) is 37.8. The molecule has 0 spiro atoms. The zero-order valence-corrected chi connectivity index (χ0v) is 56.5. The van der Waals surface area contributed by atoms with Crippen molar-refractivity contribution in [3.63, 3.8) is 0 Å².